The number of benzene rings is 20. The largest absolute Gasteiger partial charge is 0.0622 e. The minimum absolute atomic E-state index is 1.25. The van der Waals surface area contributed by atoms with Crippen molar-refractivity contribution in [2.75, 3.05) is 0 Å². The molecule has 0 nitrogen and oxygen atoms in total. The monoisotopic (exact) mass is 1270 g/mol. The normalized spacial score (nSPS) is 11.5. The first-order valence-electron chi connectivity index (χ1n) is 34.8. The molecule has 20 aromatic rings. The summed E-state index contributed by atoms with van der Waals surface area (Å²) in [6.07, 6.45) is 0. The molecular weight excluding hydrogens is 1200 g/mol. The number of hydrogen-bond donors (Lipinski definition) is 0. The Kier molecular flexibility index (Phi) is 15.1. The van der Waals surface area contributed by atoms with Gasteiger partial charge in [0, 0.05) is 0 Å². The predicted molar refractivity (Wildman–Crippen MR) is 434 cm³/mol. The molecule has 0 heterocycles. The molecule has 0 saturated heterocycles. The maximum absolute atomic E-state index is 2.40. The average Bonchev–Trinajstić information content (AvgIpc) is 0.741. The van der Waals surface area contributed by atoms with Gasteiger partial charge in [0.2, 0.25) is 0 Å². The van der Waals surface area contributed by atoms with Crippen LogP contribution in [0.4, 0.5) is 0 Å². The summed E-state index contributed by atoms with van der Waals surface area (Å²) in [6, 6.07) is 137. The van der Waals surface area contributed by atoms with Gasteiger partial charge in [0.15, 0.2) is 0 Å². The van der Waals surface area contributed by atoms with E-state index < -0.39 is 0 Å². The van der Waals surface area contributed by atoms with Crippen molar-refractivity contribution in [3.05, 3.63) is 387 Å². The van der Waals surface area contributed by atoms with E-state index in [0.717, 1.165) is 0 Å². The second-order valence-corrected chi connectivity index (χ2v) is 26.7. The molecule has 100 heavy (non-hydrogen) atoms. The van der Waals surface area contributed by atoms with Crippen LogP contribution >= 0.6 is 0 Å². The Hall–Kier alpha value is -12.7. The molecule has 468 valence electrons. The van der Waals surface area contributed by atoms with Crippen LogP contribution < -0.4 is 0 Å². The van der Waals surface area contributed by atoms with Gasteiger partial charge in [-0.3, -0.25) is 0 Å². The zero-order chi connectivity index (χ0) is 66.6. The van der Waals surface area contributed by atoms with E-state index in [1.54, 1.807) is 0 Å². The lowest BCUT2D eigenvalue weighted by Gasteiger charge is -2.19. The second-order valence-electron chi connectivity index (χ2n) is 26.7. The van der Waals surface area contributed by atoms with Gasteiger partial charge in [-0.1, -0.05) is 339 Å². The molecule has 0 aromatic heterocycles. The van der Waals surface area contributed by atoms with Crippen molar-refractivity contribution in [3.63, 3.8) is 0 Å². The first-order valence-corrected chi connectivity index (χ1v) is 34.8. The fourth-order valence-electron chi connectivity index (χ4n) is 15.8. The number of aryl methyl sites for hydroxylation is 2. The summed E-state index contributed by atoms with van der Waals surface area (Å²) in [5, 5.41) is 28.3. The van der Waals surface area contributed by atoms with Crippen molar-refractivity contribution in [1.82, 2.24) is 0 Å². The maximum Gasteiger partial charge on any atom is -0.00259 e. The minimum atomic E-state index is 1.25. The Morgan fingerprint density at radius 1 is 0.120 bits per heavy atom. The van der Waals surface area contributed by atoms with Crippen LogP contribution in [0.25, 0.3) is 185 Å². The van der Waals surface area contributed by atoms with Gasteiger partial charge in [0.05, 0.1) is 0 Å². The third kappa shape index (κ3) is 10.8. The van der Waals surface area contributed by atoms with E-state index >= 15 is 0 Å². The van der Waals surface area contributed by atoms with Gasteiger partial charge >= 0.3 is 0 Å². The van der Waals surface area contributed by atoms with E-state index in [-0.39, 0.29) is 0 Å². The molecule has 0 atom stereocenters. The number of rotatable bonds is 6. The van der Waals surface area contributed by atoms with Crippen molar-refractivity contribution < 1.29 is 0 Å². The van der Waals surface area contributed by atoms with Gasteiger partial charge in [0.1, 0.15) is 0 Å². The first kappa shape index (κ1) is 59.7. The van der Waals surface area contributed by atoms with Crippen LogP contribution in [0.3, 0.4) is 0 Å². The molecule has 0 aliphatic heterocycles. The van der Waals surface area contributed by atoms with Gasteiger partial charge in [-0.25, -0.2) is 0 Å². The standard InChI is InChI=1S/C38H24.C32H24.C30H20/c1-3-11-27-21-31(19-17-25(27)9-1)37-33-15-7-8-16-34(33)38(32-20-18-26-10-2-4-12-28(26)22-32)36-24-30-14-6-5-13-29(30)23-35(36)37;1-21-11-15-23(16-12-21)31-27-9-5-6-10-28(27)32(24-17-13-22(2)14-18-24)30-20-26-8-4-3-7-25(26)19-29(30)31;1-3-11-21(12-4-1)29-25-17-9-10-18-26(25)30(22-13-5-2-6-14-22)28-20-24-16-8-7-15-23(24)19-27(28)29/h1-24H;3-20H,1-2H3;1-20H. The first-order chi connectivity index (χ1) is 49.4. The minimum Gasteiger partial charge on any atom is -0.0622 e. The third-order valence-corrected chi connectivity index (χ3v) is 20.6. The molecule has 20 rings (SSSR count). The summed E-state index contributed by atoms with van der Waals surface area (Å²) in [6.45, 7) is 4.29. The zero-order valence-corrected chi connectivity index (χ0v) is 55.8. The Labute approximate surface area is 582 Å². The number of hydrogen-bond acceptors (Lipinski definition) is 0. The van der Waals surface area contributed by atoms with Crippen LogP contribution in [0.1, 0.15) is 11.1 Å². The smallest absolute Gasteiger partial charge is 0.00259 e. The maximum atomic E-state index is 2.40. The van der Waals surface area contributed by atoms with Gasteiger partial charge in [-0.05, 0) is 248 Å². The van der Waals surface area contributed by atoms with Gasteiger partial charge in [-0.15, -0.1) is 0 Å². The molecule has 0 aliphatic carbocycles. The Bertz CT molecular complexity index is 6160. The summed E-state index contributed by atoms with van der Waals surface area (Å²) in [5.41, 5.74) is 18.0. The fraction of sp³-hybridized carbons (Fsp3) is 0.0200. The van der Waals surface area contributed by atoms with Gasteiger partial charge in [-0.2, -0.15) is 0 Å². The molecule has 0 saturated carbocycles. The van der Waals surface area contributed by atoms with Crippen molar-refractivity contribution in [3.8, 4) is 66.8 Å². The molecule has 0 fully saturated rings. The van der Waals surface area contributed by atoms with Crippen LogP contribution in [0.5, 0.6) is 0 Å². The third-order valence-electron chi connectivity index (χ3n) is 20.6. The molecule has 0 unspecified atom stereocenters. The molecule has 0 bridgehead atoms. The molecule has 0 N–H and O–H groups in total. The Morgan fingerprint density at radius 2 is 0.300 bits per heavy atom. The van der Waals surface area contributed by atoms with Crippen molar-refractivity contribution in [2.24, 2.45) is 0 Å². The highest BCUT2D eigenvalue weighted by molar-refractivity contribution is 6.27. The summed E-state index contributed by atoms with van der Waals surface area (Å²) in [7, 11) is 0. The van der Waals surface area contributed by atoms with Crippen LogP contribution in [0, 0.1) is 13.8 Å². The topological polar surface area (TPSA) is 0 Å². The zero-order valence-electron chi connectivity index (χ0n) is 55.8. The molecule has 0 heteroatoms. The van der Waals surface area contributed by atoms with E-state index in [9.17, 15) is 0 Å². The lowest BCUT2D eigenvalue weighted by atomic mass is 9.84. The Balaban J connectivity index is 0.000000109. The highest BCUT2D eigenvalue weighted by Gasteiger charge is 2.22. The number of fused-ring (bicyclic) bond motifs is 11. The molecule has 0 aliphatic rings. The van der Waals surface area contributed by atoms with E-state index in [0.29, 0.717) is 0 Å². The van der Waals surface area contributed by atoms with Crippen LogP contribution in [0.2, 0.25) is 0 Å². The van der Waals surface area contributed by atoms with Crippen molar-refractivity contribution >= 4 is 118 Å². The predicted octanol–water partition coefficient (Wildman–Crippen LogP) is 28.4. The second kappa shape index (κ2) is 25.4. The van der Waals surface area contributed by atoms with E-state index in [2.05, 4.69) is 390 Å². The lowest BCUT2D eigenvalue weighted by Crippen LogP contribution is -1.92. The van der Waals surface area contributed by atoms with Crippen LogP contribution in [-0.2, 0) is 0 Å². The highest BCUT2D eigenvalue weighted by atomic mass is 14.2. The van der Waals surface area contributed by atoms with Crippen molar-refractivity contribution in [1.29, 1.82) is 0 Å². The summed E-state index contributed by atoms with van der Waals surface area (Å²) in [4.78, 5) is 0. The molecule has 0 radical (unpaired) electrons. The average molecular weight is 1270 g/mol. The summed E-state index contributed by atoms with van der Waals surface area (Å²) in [5.74, 6) is 0. The van der Waals surface area contributed by atoms with Crippen molar-refractivity contribution in [2.45, 2.75) is 13.8 Å². The van der Waals surface area contributed by atoms with E-state index in [1.165, 1.54) is 196 Å². The molecule has 0 amide bonds. The molecular formula is C100H68. The quantitative estimate of drug-likeness (QED) is 0.146. The molecule has 0 spiro atoms. The van der Waals surface area contributed by atoms with Crippen LogP contribution in [-0.4, -0.2) is 0 Å². The fourth-order valence-corrected chi connectivity index (χ4v) is 15.8. The molecule has 20 aromatic carbocycles. The summed E-state index contributed by atoms with van der Waals surface area (Å²) >= 11 is 0. The van der Waals surface area contributed by atoms with E-state index in [4.69, 9.17) is 0 Å². The SMILES string of the molecule is Cc1ccc(-c2c3ccccc3c(-c3ccc(C)cc3)c3cc4ccccc4cc23)cc1.c1ccc(-c2c3ccccc3c(-c3ccccc3)c3cc4ccccc4cc23)cc1.c1ccc2cc(-c3c4ccccc4c(-c4ccc5ccccc5c4)c4cc5ccccc5cc34)ccc2c1. The summed E-state index contributed by atoms with van der Waals surface area (Å²) < 4.78 is 0. The van der Waals surface area contributed by atoms with Crippen LogP contribution in [0.15, 0.2) is 376 Å². The lowest BCUT2D eigenvalue weighted by molar-refractivity contribution is 1.47. The van der Waals surface area contributed by atoms with Gasteiger partial charge < -0.3 is 0 Å². The Morgan fingerprint density at radius 3 is 0.550 bits per heavy atom. The van der Waals surface area contributed by atoms with Gasteiger partial charge in [0.25, 0.3) is 0 Å². The highest BCUT2D eigenvalue weighted by Crippen LogP contribution is 2.49. The van der Waals surface area contributed by atoms with E-state index in [1.807, 2.05) is 0 Å².